The van der Waals surface area contributed by atoms with Crippen LogP contribution in [0, 0.1) is 0 Å². The van der Waals surface area contributed by atoms with Gasteiger partial charge in [-0.3, -0.25) is 5.43 Å². The summed E-state index contributed by atoms with van der Waals surface area (Å²) in [6, 6.07) is 0.516. The van der Waals surface area contributed by atoms with Gasteiger partial charge in [-0.1, -0.05) is 19.3 Å². The third-order valence-electron chi connectivity index (χ3n) is 5.04. The Morgan fingerprint density at radius 1 is 0.958 bits per heavy atom. The first-order valence-electron chi connectivity index (χ1n) is 9.57. The summed E-state index contributed by atoms with van der Waals surface area (Å²) in [6.07, 6.45) is 8.85. The number of aromatic nitrogens is 3. The van der Waals surface area contributed by atoms with Crippen molar-refractivity contribution in [1.29, 1.82) is 0 Å². The average Bonchev–Trinajstić information content (AvgIpc) is 3.17. The highest BCUT2D eigenvalue weighted by atomic mass is 15.5. The van der Waals surface area contributed by atoms with Crippen LogP contribution in [-0.2, 0) is 0 Å². The molecule has 0 aromatic carbocycles. The molecule has 1 aliphatic heterocycles. The Balaban J connectivity index is 1.75. The second kappa shape index (κ2) is 8.46. The molecule has 24 heavy (non-hydrogen) atoms. The molecule has 0 spiro atoms. The molecular formula is C17H31N7. The van der Waals surface area contributed by atoms with E-state index in [-0.39, 0.29) is 0 Å². The highest BCUT2D eigenvalue weighted by Gasteiger charge is 2.19. The van der Waals surface area contributed by atoms with E-state index in [2.05, 4.69) is 44.5 Å². The summed E-state index contributed by atoms with van der Waals surface area (Å²) >= 11 is 0. The van der Waals surface area contributed by atoms with Gasteiger partial charge in [-0.2, -0.15) is 15.0 Å². The van der Waals surface area contributed by atoms with Gasteiger partial charge in [0.05, 0.1) is 0 Å². The molecule has 2 N–H and O–H groups in total. The third-order valence-corrected chi connectivity index (χ3v) is 5.04. The Morgan fingerprint density at radius 3 is 2.33 bits per heavy atom. The molecule has 7 nitrogen and oxygen atoms in total. The highest BCUT2D eigenvalue weighted by molar-refractivity contribution is 5.45. The molecule has 0 bridgehead atoms. The molecule has 0 atom stereocenters. The standard InChI is InChI=1S/C17H31N7/c1-3-23(4-2)16-18-15(22-21-14-10-6-5-7-11-14)19-17(20-16)24-12-8-9-13-24/h14,21H,3-13H2,1-2H3,(H,18,19,20,22). The SMILES string of the molecule is CCN(CC)c1nc(NNC2CCCCC2)nc(N2CCCC2)n1. The summed E-state index contributed by atoms with van der Waals surface area (Å²) < 4.78 is 0. The van der Waals surface area contributed by atoms with Gasteiger partial charge in [0.15, 0.2) is 0 Å². The summed E-state index contributed by atoms with van der Waals surface area (Å²) in [6.45, 7) is 8.14. The number of rotatable bonds is 7. The van der Waals surface area contributed by atoms with Crippen molar-refractivity contribution < 1.29 is 0 Å². The Morgan fingerprint density at radius 2 is 1.67 bits per heavy atom. The molecule has 2 heterocycles. The summed E-state index contributed by atoms with van der Waals surface area (Å²) in [5, 5.41) is 0. The number of nitrogens with zero attached hydrogens (tertiary/aromatic N) is 5. The maximum absolute atomic E-state index is 4.71. The van der Waals surface area contributed by atoms with Crippen LogP contribution in [0.2, 0.25) is 0 Å². The lowest BCUT2D eigenvalue weighted by molar-refractivity contribution is 0.392. The monoisotopic (exact) mass is 333 g/mol. The van der Waals surface area contributed by atoms with Crippen LogP contribution in [0.3, 0.4) is 0 Å². The van der Waals surface area contributed by atoms with Crippen LogP contribution in [0.4, 0.5) is 17.8 Å². The first kappa shape index (κ1) is 17.2. The van der Waals surface area contributed by atoms with Gasteiger partial charge >= 0.3 is 0 Å². The van der Waals surface area contributed by atoms with Gasteiger partial charge in [0.2, 0.25) is 17.8 Å². The van der Waals surface area contributed by atoms with Crippen LogP contribution in [-0.4, -0.2) is 47.2 Å². The molecule has 2 fully saturated rings. The quantitative estimate of drug-likeness (QED) is 0.743. The minimum atomic E-state index is 0.516. The zero-order valence-electron chi connectivity index (χ0n) is 15.1. The van der Waals surface area contributed by atoms with Crippen molar-refractivity contribution >= 4 is 17.8 Å². The number of nitrogens with one attached hydrogen (secondary N) is 2. The van der Waals surface area contributed by atoms with Crippen LogP contribution in [0.1, 0.15) is 58.8 Å². The molecular weight excluding hydrogens is 302 g/mol. The lowest BCUT2D eigenvalue weighted by Gasteiger charge is -2.25. The van der Waals surface area contributed by atoms with E-state index in [0.717, 1.165) is 38.1 Å². The maximum Gasteiger partial charge on any atom is 0.243 e. The largest absolute Gasteiger partial charge is 0.341 e. The Kier molecular flexibility index (Phi) is 6.07. The molecule has 1 aliphatic carbocycles. The van der Waals surface area contributed by atoms with Crippen molar-refractivity contribution in [2.45, 2.75) is 64.8 Å². The second-order valence-corrected chi connectivity index (χ2v) is 6.73. The van der Waals surface area contributed by atoms with E-state index in [0.29, 0.717) is 12.0 Å². The van der Waals surface area contributed by atoms with Gasteiger partial charge in [-0.25, -0.2) is 5.43 Å². The van der Waals surface area contributed by atoms with Crippen LogP contribution in [0.5, 0.6) is 0 Å². The fraction of sp³-hybridized carbons (Fsp3) is 0.824. The zero-order chi connectivity index (χ0) is 16.8. The Labute approximate surface area is 145 Å². The normalized spacial score (nSPS) is 18.8. The van der Waals surface area contributed by atoms with Crippen molar-refractivity contribution in [1.82, 2.24) is 20.4 Å². The summed E-state index contributed by atoms with van der Waals surface area (Å²) in [5.41, 5.74) is 6.67. The van der Waals surface area contributed by atoms with Gasteiger partial charge < -0.3 is 9.80 Å². The fourth-order valence-corrected chi connectivity index (χ4v) is 3.53. The minimum absolute atomic E-state index is 0.516. The molecule has 1 saturated carbocycles. The Hall–Kier alpha value is -1.63. The van der Waals surface area contributed by atoms with Crippen LogP contribution >= 0.6 is 0 Å². The lowest BCUT2D eigenvalue weighted by atomic mass is 9.96. The molecule has 3 rings (SSSR count). The first-order chi connectivity index (χ1) is 11.8. The predicted molar refractivity (Wildman–Crippen MR) is 98.5 cm³/mol. The first-order valence-corrected chi connectivity index (χ1v) is 9.57. The lowest BCUT2D eigenvalue weighted by Crippen LogP contribution is -2.37. The number of anilines is 3. The van der Waals surface area contributed by atoms with E-state index in [1.165, 1.54) is 44.9 Å². The van der Waals surface area contributed by atoms with Crippen molar-refractivity contribution in [2.24, 2.45) is 0 Å². The van der Waals surface area contributed by atoms with E-state index in [1.54, 1.807) is 0 Å². The number of hydrazine groups is 1. The molecule has 1 aromatic heterocycles. The van der Waals surface area contributed by atoms with Crippen molar-refractivity contribution in [3.05, 3.63) is 0 Å². The molecule has 7 heteroatoms. The molecule has 0 unspecified atom stereocenters. The van der Waals surface area contributed by atoms with Crippen molar-refractivity contribution in [3.8, 4) is 0 Å². The molecule has 0 radical (unpaired) electrons. The number of hydrogen-bond acceptors (Lipinski definition) is 7. The van der Waals surface area contributed by atoms with Gasteiger partial charge in [0.1, 0.15) is 0 Å². The van der Waals surface area contributed by atoms with Crippen LogP contribution < -0.4 is 20.7 Å². The topological polar surface area (TPSA) is 69.2 Å². The molecule has 2 aliphatic rings. The van der Waals surface area contributed by atoms with E-state index < -0.39 is 0 Å². The third kappa shape index (κ3) is 4.26. The second-order valence-electron chi connectivity index (χ2n) is 6.73. The zero-order valence-corrected chi connectivity index (χ0v) is 15.1. The number of hydrogen-bond donors (Lipinski definition) is 2. The van der Waals surface area contributed by atoms with E-state index in [9.17, 15) is 0 Å². The summed E-state index contributed by atoms with van der Waals surface area (Å²) in [7, 11) is 0. The average molecular weight is 333 g/mol. The summed E-state index contributed by atoms with van der Waals surface area (Å²) in [4.78, 5) is 18.4. The smallest absolute Gasteiger partial charge is 0.243 e. The van der Waals surface area contributed by atoms with Crippen LogP contribution in [0.15, 0.2) is 0 Å². The molecule has 1 saturated heterocycles. The van der Waals surface area contributed by atoms with Gasteiger partial charge in [0, 0.05) is 32.2 Å². The van der Waals surface area contributed by atoms with E-state index in [4.69, 9.17) is 4.98 Å². The maximum atomic E-state index is 4.71. The van der Waals surface area contributed by atoms with Gasteiger partial charge in [-0.15, -0.1) is 0 Å². The Bertz CT molecular complexity index is 485. The van der Waals surface area contributed by atoms with Crippen molar-refractivity contribution in [3.63, 3.8) is 0 Å². The molecule has 0 amide bonds. The molecule has 1 aromatic rings. The highest BCUT2D eigenvalue weighted by Crippen LogP contribution is 2.21. The van der Waals surface area contributed by atoms with Crippen LogP contribution in [0.25, 0.3) is 0 Å². The minimum Gasteiger partial charge on any atom is -0.341 e. The van der Waals surface area contributed by atoms with E-state index >= 15 is 0 Å². The van der Waals surface area contributed by atoms with Gasteiger partial charge in [-0.05, 0) is 39.5 Å². The van der Waals surface area contributed by atoms with Gasteiger partial charge in [0.25, 0.3) is 0 Å². The fourth-order valence-electron chi connectivity index (χ4n) is 3.53. The molecule has 134 valence electrons. The predicted octanol–water partition coefficient (Wildman–Crippen LogP) is 2.57. The van der Waals surface area contributed by atoms with E-state index in [1.807, 2.05) is 0 Å². The summed E-state index contributed by atoms with van der Waals surface area (Å²) in [5.74, 6) is 2.21. The van der Waals surface area contributed by atoms with Crippen molar-refractivity contribution in [2.75, 3.05) is 41.4 Å².